The second-order valence-electron chi connectivity index (χ2n) is 20.8. The third-order valence-corrected chi connectivity index (χ3v) is 16.4. The summed E-state index contributed by atoms with van der Waals surface area (Å²) in [5.41, 5.74) is 20.6. The molecule has 0 aromatic heterocycles. The van der Waals surface area contributed by atoms with E-state index in [2.05, 4.69) is 225 Å². The van der Waals surface area contributed by atoms with E-state index in [4.69, 9.17) is 0 Å². The van der Waals surface area contributed by atoms with Crippen LogP contribution < -0.4 is 4.90 Å². The summed E-state index contributed by atoms with van der Waals surface area (Å²) in [6, 6.07) is 77.6. The van der Waals surface area contributed by atoms with Gasteiger partial charge in [-0.3, -0.25) is 0 Å². The molecule has 4 saturated carbocycles. The first kappa shape index (κ1) is 39.4. The molecule has 9 aromatic rings. The van der Waals surface area contributed by atoms with Gasteiger partial charge in [-0.15, -0.1) is 0 Å². The van der Waals surface area contributed by atoms with Gasteiger partial charge in [0.1, 0.15) is 0 Å². The minimum absolute atomic E-state index is 0.123. The molecule has 1 nitrogen and oxygen atoms in total. The molecule has 4 bridgehead atoms. The van der Waals surface area contributed by atoms with Crippen molar-refractivity contribution in [1.82, 2.24) is 0 Å². The lowest BCUT2D eigenvalue weighted by atomic mass is 9.48. The van der Waals surface area contributed by atoms with E-state index in [1.54, 1.807) is 5.56 Å². The van der Waals surface area contributed by atoms with E-state index in [1.807, 2.05) is 0 Å². The maximum atomic E-state index is 2.49. The predicted molar refractivity (Wildman–Crippen MR) is 278 cm³/mol. The first-order chi connectivity index (χ1) is 32.4. The first-order valence-electron chi connectivity index (χ1n) is 24.4. The van der Waals surface area contributed by atoms with Gasteiger partial charge in [-0.1, -0.05) is 178 Å². The van der Waals surface area contributed by atoms with Gasteiger partial charge in [-0.2, -0.15) is 0 Å². The van der Waals surface area contributed by atoms with Gasteiger partial charge in [0.15, 0.2) is 0 Å². The molecule has 0 unspecified atom stereocenters. The number of nitrogens with zero attached hydrogens (tertiary/aromatic N) is 1. The largest absolute Gasteiger partial charge is 0.310 e. The van der Waals surface area contributed by atoms with Crippen LogP contribution in [0.15, 0.2) is 206 Å². The smallest absolute Gasteiger partial charge is 0.0473 e. The van der Waals surface area contributed by atoms with Gasteiger partial charge in [0.25, 0.3) is 0 Å². The monoisotopic (exact) mass is 849 g/mol. The Labute approximate surface area is 390 Å². The van der Waals surface area contributed by atoms with Crippen LogP contribution in [0, 0.1) is 17.8 Å². The lowest BCUT2D eigenvalue weighted by Gasteiger charge is -2.57. The molecule has 0 amide bonds. The number of rotatable bonds is 8. The van der Waals surface area contributed by atoms with E-state index in [9.17, 15) is 0 Å². The van der Waals surface area contributed by atoms with Crippen LogP contribution in [-0.2, 0) is 10.8 Å². The lowest BCUT2D eigenvalue weighted by molar-refractivity contribution is -0.00518. The maximum absolute atomic E-state index is 2.49. The molecule has 1 heteroatoms. The Morgan fingerprint density at radius 2 is 0.818 bits per heavy atom. The van der Waals surface area contributed by atoms with Crippen LogP contribution in [0.5, 0.6) is 0 Å². The zero-order valence-corrected chi connectivity index (χ0v) is 38.1. The summed E-state index contributed by atoms with van der Waals surface area (Å²) in [6.45, 7) is 4.75. The van der Waals surface area contributed by atoms with Crippen molar-refractivity contribution < 1.29 is 0 Å². The van der Waals surface area contributed by atoms with Crippen molar-refractivity contribution in [2.24, 2.45) is 17.8 Å². The zero-order chi connectivity index (χ0) is 44.0. The molecule has 0 saturated heterocycles. The van der Waals surface area contributed by atoms with Crippen LogP contribution in [0.3, 0.4) is 0 Å². The summed E-state index contributed by atoms with van der Waals surface area (Å²) >= 11 is 0. The van der Waals surface area contributed by atoms with Crippen molar-refractivity contribution in [2.45, 2.75) is 63.2 Å². The summed E-state index contributed by atoms with van der Waals surface area (Å²) in [5.74, 6) is 2.85. The van der Waals surface area contributed by atoms with E-state index >= 15 is 0 Å². The van der Waals surface area contributed by atoms with Crippen molar-refractivity contribution in [3.63, 3.8) is 0 Å². The molecule has 9 aromatic carbocycles. The number of anilines is 3. The first-order valence-corrected chi connectivity index (χ1v) is 24.4. The highest BCUT2D eigenvalue weighted by atomic mass is 15.1. The molecule has 320 valence electrons. The second kappa shape index (κ2) is 15.3. The summed E-state index contributed by atoms with van der Waals surface area (Å²) in [7, 11) is 0. The normalized spacial score (nSPS) is 20.8. The van der Waals surface area contributed by atoms with Gasteiger partial charge in [0, 0.05) is 22.5 Å². The molecular formula is C65H55N. The standard InChI is InChI=1S/C65H55N/c1-64(2)62-20-12-11-19-60(62)61-30-29-54(39-63(61)64)66(55-37-50(46-13-5-3-6-14-46)36-51(38-55)47-15-7-4-8-16-47)53-27-23-49(24-28-53)57-32-31-56(58-17-9-10-18-59(57)58)48-21-25-52(26-22-48)65-40-43-33-44(41-65)35-45(34-43)42-65/h3-32,36-39,43-45H,33-35,40-42H2,1-2H3. The number of benzene rings is 9. The van der Waals surface area contributed by atoms with Crippen LogP contribution in [0.1, 0.15) is 69.1 Å². The highest BCUT2D eigenvalue weighted by Crippen LogP contribution is 2.61. The minimum Gasteiger partial charge on any atom is -0.310 e. The number of hydrogen-bond acceptors (Lipinski definition) is 1. The SMILES string of the molecule is CC1(C)c2ccccc2-c2ccc(N(c3ccc(-c4ccc(-c5ccc(C67CC8CC(CC(C8)C6)C7)cc5)c5ccccc45)cc3)c3cc(-c4ccccc4)cc(-c4ccccc4)c3)cc21. The van der Waals surface area contributed by atoms with Crippen molar-refractivity contribution in [2.75, 3.05) is 4.90 Å². The molecule has 66 heavy (non-hydrogen) atoms. The molecular weight excluding hydrogens is 795 g/mol. The van der Waals surface area contributed by atoms with Crippen LogP contribution in [0.2, 0.25) is 0 Å². The van der Waals surface area contributed by atoms with Gasteiger partial charge in [0.05, 0.1) is 0 Å². The fourth-order valence-corrected chi connectivity index (χ4v) is 13.7. The Hall–Kier alpha value is -6.96. The molecule has 0 spiro atoms. The van der Waals surface area contributed by atoms with Crippen LogP contribution in [0.4, 0.5) is 17.1 Å². The third-order valence-electron chi connectivity index (χ3n) is 16.4. The van der Waals surface area contributed by atoms with E-state index in [0.29, 0.717) is 5.41 Å². The number of hydrogen-bond donors (Lipinski definition) is 0. The van der Waals surface area contributed by atoms with Crippen molar-refractivity contribution in [3.8, 4) is 55.6 Å². The average molecular weight is 850 g/mol. The quantitative estimate of drug-likeness (QED) is 0.147. The van der Waals surface area contributed by atoms with Crippen LogP contribution >= 0.6 is 0 Å². The fraction of sp³-hybridized carbons (Fsp3) is 0.200. The molecule has 5 aliphatic rings. The maximum Gasteiger partial charge on any atom is 0.0473 e. The van der Waals surface area contributed by atoms with Crippen LogP contribution in [-0.4, -0.2) is 0 Å². The minimum atomic E-state index is -0.123. The Bertz CT molecular complexity index is 3190. The highest BCUT2D eigenvalue weighted by molar-refractivity contribution is 6.05. The molecule has 0 heterocycles. The highest BCUT2D eigenvalue weighted by Gasteiger charge is 2.51. The summed E-state index contributed by atoms with van der Waals surface area (Å²) in [6.07, 6.45) is 8.66. The van der Waals surface area contributed by atoms with Crippen molar-refractivity contribution in [1.29, 1.82) is 0 Å². The summed E-state index contributed by atoms with van der Waals surface area (Å²) in [5, 5.41) is 2.59. The van der Waals surface area contributed by atoms with E-state index < -0.39 is 0 Å². The van der Waals surface area contributed by atoms with E-state index in [1.165, 1.54) is 116 Å². The molecule has 5 aliphatic carbocycles. The zero-order valence-electron chi connectivity index (χ0n) is 38.1. The molecule has 0 N–H and O–H groups in total. The summed E-state index contributed by atoms with van der Waals surface area (Å²) in [4.78, 5) is 2.47. The van der Waals surface area contributed by atoms with Gasteiger partial charge in [-0.25, -0.2) is 0 Å². The molecule has 4 fully saturated rings. The van der Waals surface area contributed by atoms with Crippen molar-refractivity contribution in [3.05, 3.63) is 223 Å². The predicted octanol–water partition coefficient (Wildman–Crippen LogP) is 17.8. The third kappa shape index (κ3) is 6.50. The lowest BCUT2D eigenvalue weighted by Crippen LogP contribution is -2.48. The van der Waals surface area contributed by atoms with Gasteiger partial charge < -0.3 is 4.90 Å². The topological polar surface area (TPSA) is 3.24 Å². The van der Waals surface area contributed by atoms with E-state index in [0.717, 1.165) is 34.8 Å². The fourth-order valence-electron chi connectivity index (χ4n) is 13.7. The molecule has 0 atom stereocenters. The molecule has 14 rings (SSSR count). The summed E-state index contributed by atoms with van der Waals surface area (Å²) < 4.78 is 0. The Morgan fingerprint density at radius 3 is 1.39 bits per heavy atom. The van der Waals surface area contributed by atoms with Crippen LogP contribution in [0.25, 0.3) is 66.4 Å². The van der Waals surface area contributed by atoms with Gasteiger partial charge in [-0.05, 0) is 187 Å². The van der Waals surface area contributed by atoms with Gasteiger partial charge >= 0.3 is 0 Å². The second-order valence-corrected chi connectivity index (χ2v) is 20.8. The van der Waals surface area contributed by atoms with Crippen molar-refractivity contribution >= 4 is 27.8 Å². The molecule has 0 radical (unpaired) electrons. The average Bonchev–Trinajstić information content (AvgIpc) is 3.59. The molecule has 0 aliphatic heterocycles. The Balaban J connectivity index is 0.903. The Morgan fingerprint density at radius 1 is 0.348 bits per heavy atom. The van der Waals surface area contributed by atoms with Gasteiger partial charge in [0.2, 0.25) is 0 Å². The Kier molecular flexibility index (Phi) is 9.14. The number of fused-ring (bicyclic) bond motifs is 4. The van der Waals surface area contributed by atoms with E-state index in [-0.39, 0.29) is 5.41 Å².